The summed E-state index contributed by atoms with van der Waals surface area (Å²) in [6, 6.07) is 1.03. The highest BCUT2D eigenvalue weighted by atomic mass is 16.6. The number of aliphatic hydroxyl groups excluding tert-OH is 1. The summed E-state index contributed by atoms with van der Waals surface area (Å²) in [6.45, 7) is 8.03. The van der Waals surface area contributed by atoms with Crippen LogP contribution in [0.1, 0.15) is 66.2 Å². The summed E-state index contributed by atoms with van der Waals surface area (Å²) < 4.78 is 5.31. The number of nitrogens with one attached hydrogen (secondary N) is 2. The molecule has 1 rings (SSSR count). The SMILES string of the molecule is CC(CCCO)NC1CCCC(NC(=O)OC(C)(C)C)C1. The summed E-state index contributed by atoms with van der Waals surface area (Å²) in [4.78, 5) is 11.8. The van der Waals surface area contributed by atoms with Crippen LogP contribution < -0.4 is 10.6 Å². The predicted molar refractivity (Wildman–Crippen MR) is 84.3 cm³/mol. The topological polar surface area (TPSA) is 70.6 Å². The first-order chi connectivity index (χ1) is 9.80. The molecule has 3 N–H and O–H groups in total. The highest BCUT2D eigenvalue weighted by molar-refractivity contribution is 5.68. The lowest BCUT2D eigenvalue weighted by atomic mass is 9.90. The molecular weight excluding hydrogens is 268 g/mol. The number of hydrogen-bond donors (Lipinski definition) is 3. The number of rotatable bonds is 6. The summed E-state index contributed by atoms with van der Waals surface area (Å²) in [5, 5.41) is 15.4. The number of amides is 1. The Morgan fingerprint density at radius 2 is 2.00 bits per heavy atom. The van der Waals surface area contributed by atoms with Gasteiger partial charge in [0.05, 0.1) is 0 Å². The van der Waals surface area contributed by atoms with Crippen LogP contribution in [-0.2, 0) is 4.74 Å². The van der Waals surface area contributed by atoms with Crippen molar-refractivity contribution in [3.63, 3.8) is 0 Å². The van der Waals surface area contributed by atoms with Crippen molar-refractivity contribution in [1.82, 2.24) is 10.6 Å². The molecule has 0 aromatic heterocycles. The van der Waals surface area contributed by atoms with Crippen molar-refractivity contribution in [1.29, 1.82) is 0 Å². The molecule has 3 atom stereocenters. The van der Waals surface area contributed by atoms with Gasteiger partial charge in [-0.1, -0.05) is 0 Å². The van der Waals surface area contributed by atoms with Crippen molar-refractivity contribution in [2.75, 3.05) is 6.61 Å². The van der Waals surface area contributed by atoms with Gasteiger partial charge < -0.3 is 20.5 Å². The van der Waals surface area contributed by atoms with Crippen molar-refractivity contribution < 1.29 is 14.6 Å². The second kappa shape index (κ2) is 8.59. The van der Waals surface area contributed by atoms with E-state index in [0.29, 0.717) is 12.1 Å². The number of aliphatic hydroxyl groups is 1. The van der Waals surface area contributed by atoms with Crippen molar-refractivity contribution in [2.24, 2.45) is 0 Å². The third kappa shape index (κ3) is 8.27. The fraction of sp³-hybridized carbons (Fsp3) is 0.938. The van der Waals surface area contributed by atoms with E-state index in [9.17, 15) is 4.79 Å². The van der Waals surface area contributed by atoms with Crippen LogP contribution in [0.15, 0.2) is 0 Å². The highest BCUT2D eigenvalue weighted by Crippen LogP contribution is 2.20. The molecule has 21 heavy (non-hydrogen) atoms. The average molecular weight is 300 g/mol. The van der Waals surface area contributed by atoms with Gasteiger partial charge in [-0.15, -0.1) is 0 Å². The zero-order valence-corrected chi connectivity index (χ0v) is 13.9. The summed E-state index contributed by atoms with van der Waals surface area (Å²) in [5.74, 6) is 0. The van der Waals surface area contributed by atoms with E-state index in [2.05, 4.69) is 17.6 Å². The molecule has 0 radical (unpaired) electrons. The van der Waals surface area contributed by atoms with E-state index in [-0.39, 0.29) is 18.7 Å². The van der Waals surface area contributed by atoms with Gasteiger partial charge in [-0.2, -0.15) is 0 Å². The van der Waals surface area contributed by atoms with E-state index < -0.39 is 5.60 Å². The number of hydrogen-bond acceptors (Lipinski definition) is 4. The molecule has 5 heteroatoms. The van der Waals surface area contributed by atoms with Crippen molar-refractivity contribution in [3.05, 3.63) is 0 Å². The minimum absolute atomic E-state index is 0.191. The Bertz CT molecular complexity index is 315. The molecule has 0 aromatic carbocycles. The maximum absolute atomic E-state index is 11.8. The van der Waals surface area contributed by atoms with E-state index >= 15 is 0 Å². The van der Waals surface area contributed by atoms with E-state index in [4.69, 9.17) is 9.84 Å². The number of carbonyl (C=O) groups excluding carboxylic acids is 1. The summed E-state index contributed by atoms with van der Waals surface area (Å²) in [5.41, 5.74) is -0.449. The van der Waals surface area contributed by atoms with Crippen LogP contribution in [0.2, 0.25) is 0 Å². The van der Waals surface area contributed by atoms with Gasteiger partial charge in [0.15, 0.2) is 0 Å². The summed E-state index contributed by atoms with van der Waals surface area (Å²) >= 11 is 0. The van der Waals surface area contributed by atoms with Crippen LogP contribution >= 0.6 is 0 Å². The van der Waals surface area contributed by atoms with Crippen molar-refractivity contribution in [3.8, 4) is 0 Å². The van der Waals surface area contributed by atoms with E-state index in [1.54, 1.807) is 0 Å². The minimum Gasteiger partial charge on any atom is -0.444 e. The van der Waals surface area contributed by atoms with Gasteiger partial charge in [0.1, 0.15) is 5.60 Å². The summed E-state index contributed by atoms with van der Waals surface area (Å²) in [7, 11) is 0. The monoisotopic (exact) mass is 300 g/mol. The Hall–Kier alpha value is -0.810. The Morgan fingerprint density at radius 3 is 2.62 bits per heavy atom. The van der Waals surface area contributed by atoms with Gasteiger partial charge in [-0.25, -0.2) is 4.79 Å². The van der Waals surface area contributed by atoms with Gasteiger partial charge in [0, 0.05) is 24.7 Å². The van der Waals surface area contributed by atoms with Crippen LogP contribution in [0, 0.1) is 0 Å². The average Bonchev–Trinajstić information content (AvgIpc) is 2.34. The first kappa shape index (κ1) is 18.2. The molecule has 0 aliphatic heterocycles. The molecule has 0 bridgehead atoms. The third-order valence-corrected chi connectivity index (χ3v) is 3.71. The molecule has 0 spiro atoms. The normalized spacial score (nSPS) is 24.4. The zero-order valence-electron chi connectivity index (χ0n) is 13.9. The lowest BCUT2D eigenvalue weighted by molar-refractivity contribution is 0.0488. The Labute approximate surface area is 128 Å². The fourth-order valence-corrected chi connectivity index (χ4v) is 2.83. The largest absolute Gasteiger partial charge is 0.444 e. The van der Waals surface area contributed by atoms with Crippen molar-refractivity contribution in [2.45, 2.75) is 89.9 Å². The van der Waals surface area contributed by atoms with Crippen LogP contribution in [0.4, 0.5) is 4.79 Å². The smallest absolute Gasteiger partial charge is 0.407 e. The molecule has 5 nitrogen and oxygen atoms in total. The maximum Gasteiger partial charge on any atom is 0.407 e. The molecule has 1 aliphatic carbocycles. The van der Waals surface area contributed by atoms with Crippen LogP contribution in [0.5, 0.6) is 0 Å². The highest BCUT2D eigenvalue weighted by Gasteiger charge is 2.25. The number of alkyl carbamates (subject to hydrolysis) is 1. The van der Waals surface area contributed by atoms with E-state index in [1.807, 2.05) is 20.8 Å². The molecule has 1 aliphatic rings. The zero-order chi connectivity index (χ0) is 15.9. The van der Waals surface area contributed by atoms with Gasteiger partial charge in [0.2, 0.25) is 0 Å². The van der Waals surface area contributed by atoms with Crippen LogP contribution in [-0.4, -0.2) is 41.5 Å². The van der Waals surface area contributed by atoms with E-state index in [1.165, 1.54) is 0 Å². The molecule has 1 amide bonds. The second-order valence-corrected chi connectivity index (χ2v) is 7.14. The number of ether oxygens (including phenoxy) is 1. The lowest BCUT2D eigenvalue weighted by Crippen LogP contribution is -2.47. The molecule has 1 saturated carbocycles. The number of carbonyl (C=O) groups is 1. The Kier molecular flexibility index (Phi) is 7.46. The molecule has 0 aromatic rings. The third-order valence-electron chi connectivity index (χ3n) is 3.71. The quantitative estimate of drug-likeness (QED) is 0.705. The molecular formula is C16H32N2O3. The standard InChI is InChI=1S/C16H32N2O3/c1-12(7-6-10-19)17-13-8-5-9-14(11-13)18-15(20)21-16(2,3)4/h12-14,17,19H,5-11H2,1-4H3,(H,18,20). The predicted octanol–water partition coefficient (Wildman–Crippen LogP) is 2.57. The van der Waals surface area contributed by atoms with Crippen molar-refractivity contribution >= 4 is 6.09 Å². The Balaban J connectivity index is 2.33. The molecule has 3 unspecified atom stereocenters. The van der Waals surface area contributed by atoms with Crippen LogP contribution in [0.25, 0.3) is 0 Å². The van der Waals surface area contributed by atoms with Crippen LogP contribution in [0.3, 0.4) is 0 Å². The minimum atomic E-state index is -0.449. The first-order valence-electron chi connectivity index (χ1n) is 8.16. The first-order valence-corrected chi connectivity index (χ1v) is 8.16. The Morgan fingerprint density at radius 1 is 1.33 bits per heavy atom. The van der Waals surface area contributed by atoms with Gasteiger partial charge in [-0.3, -0.25) is 0 Å². The molecule has 0 saturated heterocycles. The second-order valence-electron chi connectivity index (χ2n) is 7.14. The lowest BCUT2D eigenvalue weighted by Gasteiger charge is -2.33. The van der Waals surface area contributed by atoms with Gasteiger partial charge >= 0.3 is 6.09 Å². The van der Waals surface area contributed by atoms with Gasteiger partial charge in [0.25, 0.3) is 0 Å². The molecule has 1 fully saturated rings. The molecule has 124 valence electrons. The fourth-order valence-electron chi connectivity index (χ4n) is 2.83. The maximum atomic E-state index is 11.8. The summed E-state index contributed by atoms with van der Waals surface area (Å²) in [6.07, 6.45) is 5.73. The van der Waals surface area contributed by atoms with Gasteiger partial charge in [-0.05, 0) is 66.2 Å². The van der Waals surface area contributed by atoms with E-state index in [0.717, 1.165) is 38.5 Å². The molecule has 0 heterocycles.